The second-order valence-electron chi connectivity index (χ2n) is 5.04. The third-order valence-corrected chi connectivity index (χ3v) is 3.25. The molecule has 0 radical (unpaired) electrons. The fourth-order valence-corrected chi connectivity index (χ4v) is 2.02. The van der Waals surface area contributed by atoms with Gasteiger partial charge in [0.05, 0.1) is 24.9 Å². The number of benzene rings is 1. The molecule has 0 unspecified atom stereocenters. The van der Waals surface area contributed by atoms with Crippen LogP contribution in [-0.2, 0) is 18.4 Å². The monoisotopic (exact) mass is 314 g/mol. The number of methoxy groups -OCH3 is 1. The van der Waals surface area contributed by atoms with Crippen molar-refractivity contribution in [3.05, 3.63) is 41.7 Å². The summed E-state index contributed by atoms with van der Waals surface area (Å²) in [5, 5.41) is 12.9. The van der Waals surface area contributed by atoms with Crippen LogP contribution in [0.2, 0.25) is 0 Å². The van der Waals surface area contributed by atoms with Crippen LogP contribution in [0, 0.1) is 11.3 Å². The number of ether oxygens (including phenoxy) is 2. The normalized spacial score (nSPS) is 10.0. The highest BCUT2D eigenvalue weighted by Crippen LogP contribution is 2.27. The predicted molar refractivity (Wildman–Crippen MR) is 82.9 cm³/mol. The molecule has 23 heavy (non-hydrogen) atoms. The van der Waals surface area contributed by atoms with Crippen molar-refractivity contribution in [2.45, 2.75) is 6.54 Å². The number of rotatable bonds is 6. The number of amides is 1. The Morgan fingerprint density at radius 3 is 2.83 bits per heavy atom. The number of carbonyl (C=O) groups is 1. The largest absolute Gasteiger partial charge is 0.493 e. The van der Waals surface area contributed by atoms with Crippen LogP contribution in [0.5, 0.6) is 11.5 Å². The Labute approximate surface area is 134 Å². The highest BCUT2D eigenvalue weighted by molar-refractivity contribution is 5.77. The van der Waals surface area contributed by atoms with Crippen molar-refractivity contribution in [1.29, 1.82) is 5.26 Å². The lowest BCUT2D eigenvalue weighted by Gasteiger charge is -2.17. The topological polar surface area (TPSA) is 80.4 Å². The molecule has 1 amide bonds. The molecule has 7 heteroatoms. The molecule has 1 aromatic heterocycles. The zero-order chi connectivity index (χ0) is 16.8. The highest BCUT2D eigenvalue weighted by atomic mass is 16.5. The van der Waals surface area contributed by atoms with Crippen LogP contribution in [0.15, 0.2) is 30.6 Å². The van der Waals surface area contributed by atoms with Gasteiger partial charge in [0.25, 0.3) is 5.91 Å². The SMILES string of the molecule is COc1cc(C#N)ccc1OCC(=O)N(C)Cc1cnn(C)c1. The Balaban J connectivity index is 1.94. The minimum absolute atomic E-state index is 0.112. The van der Waals surface area contributed by atoms with Gasteiger partial charge < -0.3 is 14.4 Å². The zero-order valence-electron chi connectivity index (χ0n) is 13.3. The molecule has 0 bridgehead atoms. The van der Waals surface area contributed by atoms with E-state index in [1.54, 1.807) is 41.0 Å². The molecule has 0 N–H and O–H groups in total. The van der Waals surface area contributed by atoms with Crippen LogP contribution >= 0.6 is 0 Å². The van der Waals surface area contributed by atoms with E-state index in [2.05, 4.69) is 5.10 Å². The van der Waals surface area contributed by atoms with Crippen LogP contribution in [0.25, 0.3) is 0 Å². The van der Waals surface area contributed by atoms with Crippen LogP contribution in [0.3, 0.4) is 0 Å². The average molecular weight is 314 g/mol. The lowest BCUT2D eigenvalue weighted by Crippen LogP contribution is -2.30. The number of hydrogen-bond donors (Lipinski definition) is 0. The number of aromatic nitrogens is 2. The summed E-state index contributed by atoms with van der Waals surface area (Å²) in [6.07, 6.45) is 3.57. The summed E-state index contributed by atoms with van der Waals surface area (Å²) in [4.78, 5) is 13.7. The molecule has 120 valence electrons. The first-order valence-electron chi connectivity index (χ1n) is 6.96. The van der Waals surface area contributed by atoms with Crippen molar-refractivity contribution in [3.8, 4) is 17.6 Å². The number of hydrogen-bond acceptors (Lipinski definition) is 5. The Kier molecular flexibility index (Phi) is 5.20. The van der Waals surface area contributed by atoms with Crippen LogP contribution in [-0.4, -0.2) is 41.4 Å². The van der Waals surface area contributed by atoms with E-state index in [0.717, 1.165) is 5.56 Å². The molecule has 1 heterocycles. The fourth-order valence-electron chi connectivity index (χ4n) is 2.02. The number of likely N-dealkylation sites (N-methyl/N-ethyl adjacent to an activating group) is 1. The fraction of sp³-hybridized carbons (Fsp3) is 0.312. The van der Waals surface area contributed by atoms with Gasteiger partial charge in [-0.15, -0.1) is 0 Å². The van der Waals surface area contributed by atoms with E-state index in [0.29, 0.717) is 23.6 Å². The van der Waals surface area contributed by atoms with E-state index in [1.165, 1.54) is 7.11 Å². The molecule has 0 aliphatic rings. The maximum absolute atomic E-state index is 12.1. The van der Waals surface area contributed by atoms with Gasteiger partial charge >= 0.3 is 0 Å². The van der Waals surface area contributed by atoms with Crippen LogP contribution in [0.1, 0.15) is 11.1 Å². The first-order valence-corrected chi connectivity index (χ1v) is 6.96. The van der Waals surface area contributed by atoms with Gasteiger partial charge in [0.1, 0.15) is 0 Å². The molecule has 0 atom stereocenters. The smallest absolute Gasteiger partial charge is 0.260 e. The van der Waals surface area contributed by atoms with E-state index in [4.69, 9.17) is 14.7 Å². The van der Waals surface area contributed by atoms with Gasteiger partial charge in [0, 0.05) is 38.5 Å². The summed E-state index contributed by atoms with van der Waals surface area (Å²) in [7, 11) is 5.01. The third kappa shape index (κ3) is 4.23. The number of nitriles is 1. The van der Waals surface area contributed by atoms with Gasteiger partial charge in [0.2, 0.25) is 0 Å². The van der Waals surface area contributed by atoms with Crippen molar-refractivity contribution in [3.63, 3.8) is 0 Å². The molecule has 0 saturated carbocycles. The quantitative estimate of drug-likeness (QED) is 0.804. The van der Waals surface area contributed by atoms with E-state index in [-0.39, 0.29) is 12.5 Å². The second-order valence-corrected chi connectivity index (χ2v) is 5.04. The van der Waals surface area contributed by atoms with E-state index < -0.39 is 0 Å². The number of nitrogens with zero attached hydrogens (tertiary/aromatic N) is 4. The minimum atomic E-state index is -0.166. The van der Waals surface area contributed by atoms with Gasteiger partial charge in [-0.2, -0.15) is 10.4 Å². The standard InChI is InChI=1S/C16H18N4O3/c1-19(9-13-8-18-20(2)10-13)16(21)11-23-14-5-4-12(7-17)6-15(14)22-3/h4-6,8,10H,9,11H2,1-3H3. The van der Waals surface area contributed by atoms with Gasteiger partial charge in [-0.3, -0.25) is 9.48 Å². The average Bonchev–Trinajstić information content (AvgIpc) is 2.97. The number of aryl methyl sites for hydroxylation is 1. The Morgan fingerprint density at radius 1 is 1.43 bits per heavy atom. The molecule has 1 aromatic carbocycles. The van der Waals surface area contributed by atoms with Gasteiger partial charge in [0.15, 0.2) is 18.1 Å². The predicted octanol–water partition coefficient (Wildman–Crippen LogP) is 1.34. The van der Waals surface area contributed by atoms with Crippen molar-refractivity contribution < 1.29 is 14.3 Å². The van der Waals surface area contributed by atoms with Gasteiger partial charge in [-0.1, -0.05) is 0 Å². The van der Waals surface area contributed by atoms with E-state index in [1.807, 2.05) is 19.3 Å². The summed E-state index contributed by atoms with van der Waals surface area (Å²) >= 11 is 0. The highest BCUT2D eigenvalue weighted by Gasteiger charge is 2.13. The molecule has 0 aliphatic heterocycles. The van der Waals surface area contributed by atoms with Crippen molar-refractivity contribution >= 4 is 5.91 Å². The van der Waals surface area contributed by atoms with Gasteiger partial charge in [-0.05, 0) is 12.1 Å². The van der Waals surface area contributed by atoms with Crippen molar-refractivity contribution in [1.82, 2.24) is 14.7 Å². The molecule has 7 nitrogen and oxygen atoms in total. The molecule has 0 fully saturated rings. The van der Waals surface area contributed by atoms with Gasteiger partial charge in [-0.25, -0.2) is 0 Å². The van der Waals surface area contributed by atoms with E-state index >= 15 is 0 Å². The molecule has 0 saturated heterocycles. The summed E-state index contributed by atoms with van der Waals surface area (Å²) in [5.41, 5.74) is 1.41. The Morgan fingerprint density at radius 2 is 2.22 bits per heavy atom. The van der Waals surface area contributed by atoms with Crippen LogP contribution < -0.4 is 9.47 Å². The molecule has 2 aromatic rings. The zero-order valence-corrected chi connectivity index (χ0v) is 13.3. The molecule has 2 rings (SSSR count). The van der Waals surface area contributed by atoms with Crippen molar-refractivity contribution in [2.75, 3.05) is 20.8 Å². The molecule has 0 spiro atoms. The third-order valence-electron chi connectivity index (χ3n) is 3.25. The second kappa shape index (κ2) is 7.31. The van der Waals surface area contributed by atoms with E-state index in [9.17, 15) is 4.79 Å². The maximum atomic E-state index is 12.1. The summed E-state index contributed by atoms with van der Waals surface area (Å²) in [6, 6.07) is 6.82. The minimum Gasteiger partial charge on any atom is -0.493 e. The summed E-state index contributed by atoms with van der Waals surface area (Å²) in [6.45, 7) is 0.347. The maximum Gasteiger partial charge on any atom is 0.260 e. The molecular formula is C16H18N4O3. The number of carbonyl (C=O) groups excluding carboxylic acids is 1. The first kappa shape index (κ1) is 16.4. The molecular weight excluding hydrogens is 296 g/mol. The van der Waals surface area contributed by atoms with Crippen LogP contribution in [0.4, 0.5) is 0 Å². The Hall–Kier alpha value is -3.01. The lowest BCUT2D eigenvalue weighted by atomic mass is 10.2. The first-order chi connectivity index (χ1) is 11.0. The summed E-state index contributed by atoms with van der Waals surface area (Å²) < 4.78 is 12.4. The van der Waals surface area contributed by atoms with Crippen molar-refractivity contribution in [2.24, 2.45) is 7.05 Å². The Bertz CT molecular complexity index is 733. The summed E-state index contributed by atoms with van der Waals surface area (Å²) in [5.74, 6) is 0.682. The lowest BCUT2D eigenvalue weighted by molar-refractivity contribution is -0.132. The molecule has 0 aliphatic carbocycles.